The molecule has 1 aliphatic rings. The van der Waals surface area contributed by atoms with E-state index in [2.05, 4.69) is 0 Å². The largest absolute Gasteiger partial charge is 0.501 e. The molecule has 1 aliphatic heterocycles. The number of carbonyl (C=O) groups excluding carboxylic acids is 1. The Morgan fingerprint density at radius 3 is 2.35 bits per heavy atom. The Balaban J connectivity index is 2.66. The SMILES string of the molecule is O=C1CS(=O)(=O)c2ccc(S(=O)(=O)C(F)(F)F)cc2N1. The average Bonchev–Trinajstić information content (AvgIpc) is 2.25. The summed E-state index contributed by atoms with van der Waals surface area (Å²) >= 11 is 0. The summed E-state index contributed by atoms with van der Waals surface area (Å²) in [6, 6.07) is 1.74. The van der Waals surface area contributed by atoms with Gasteiger partial charge in [-0.05, 0) is 18.2 Å². The third-order valence-corrected chi connectivity index (χ3v) is 5.65. The van der Waals surface area contributed by atoms with Crippen molar-refractivity contribution in [2.75, 3.05) is 11.1 Å². The van der Waals surface area contributed by atoms with Crippen molar-refractivity contribution in [1.29, 1.82) is 0 Å². The van der Waals surface area contributed by atoms with Gasteiger partial charge >= 0.3 is 5.51 Å². The van der Waals surface area contributed by atoms with E-state index in [0.29, 0.717) is 12.1 Å². The van der Waals surface area contributed by atoms with Gasteiger partial charge < -0.3 is 5.32 Å². The molecule has 1 heterocycles. The van der Waals surface area contributed by atoms with Gasteiger partial charge in [0.25, 0.3) is 9.84 Å². The molecule has 0 unspecified atom stereocenters. The van der Waals surface area contributed by atoms with Gasteiger partial charge in [0.05, 0.1) is 15.5 Å². The Labute approximate surface area is 111 Å². The maximum Gasteiger partial charge on any atom is 0.501 e. The molecule has 0 atom stereocenters. The van der Waals surface area contributed by atoms with E-state index in [1.165, 1.54) is 0 Å². The van der Waals surface area contributed by atoms with Crippen LogP contribution in [-0.4, -0.2) is 34.0 Å². The maximum atomic E-state index is 12.4. The predicted octanol–water partition coefficient (Wildman–Crippen LogP) is 0.706. The van der Waals surface area contributed by atoms with Gasteiger partial charge in [-0.25, -0.2) is 16.8 Å². The highest BCUT2D eigenvalue weighted by Crippen LogP contribution is 2.34. The monoisotopic (exact) mass is 329 g/mol. The highest BCUT2D eigenvalue weighted by Gasteiger charge is 2.47. The molecule has 6 nitrogen and oxygen atoms in total. The van der Waals surface area contributed by atoms with Crippen molar-refractivity contribution in [2.24, 2.45) is 0 Å². The lowest BCUT2D eigenvalue weighted by Gasteiger charge is -2.18. The number of benzene rings is 1. The molecule has 0 bridgehead atoms. The molecule has 0 aliphatic carbocycles. The summed E-state index contributed by atoms with van der Waals surface area (Å²) in [5.74, 6) is -1.79. The second-order valence-corrected chi connectivity index (χ2v) is 7.81. The molecular formula is C9H6F3NO5S2. The number of alkyl halides is 3. The summed E-state index contributed by atoms with van der Waals surface area (Å²) in [4.78, 5) is 9.58. The van der Waals surface area contributed by atoms with E-state index in [4.69, 9.17) is 0 Å². The molecule has 0 saturated carbocycles. The lowest BCUT2D eigenvalue weighted by Crippen LogP contribution is -2.30. The number of rotatable bonds is 1. The van der Waals surface area contributed by atoms with Crippen LogP contribution < -0.4 is 5.32 Å². The molecule has 0 saturated heterocycles. The topological polar surface area (TPSA) is 97.4 Å². The minimum atomic E-state index is -5.61. The molecule has 0 aromatic heterocycles. The van der Waals surface area contributed by atoms with Gasteiger partial charge in [0.1, 0.15) is 5.75 Å². The Morgan fingerprint density at radius 1 is 1.20 bits per heavy atom. The van der Waals surface area contributed by atoms with Crippen molar-refractivity contribution in [2.45, 2.75) is 15.3 Å². The van der Waals surface area contributed by atoms with E-state index in [9.17, 15) is 34.8 Å². The van der Waals surface area contributed by atoms with Crippen molar-refractivity contribution in [3.8, 4) is 0 Å². The first-order valence-electron chi connectivity index (χ1n) is 4.93. The van der Waals surface area contributed by atoms with Crippen LogP contribution in [0.1, 0.15) is 0 Å². The predicted molar refractivity (Wildman–Crippen MR) is 60.4 cm³/mol. The smallest absolute Gasteiger partial charge is 0.324 e. The van der Waals surface area contributed by atoms with Crippen LogP contribution in [0.4, 0.5) is 18.9 Å². The van der Waals surface area contributed by atoms with E-state index in [0.717, 1.165) is 6.07 Å². The zero-order chi connectivity index (χ0) is 15.3. The molecule has 20 heavy (non-hydrogen) atoms. The van der Waals surface area contributed by atoms with Gasteiger partial charge in [0.15, 0.2) is 9.84 Å². The van der Waals surface area contributed by atoms with Crippen LogP contribution in [0, 0.1) is 0 Å². The normalized spacial score (nSPS) is 18.2. The molecule has 1 N–H and O–H groups in total. The molecule has 11 heteroatoms. The first-order valence-corrected chi connectivity index (χ1v) is 8.07. The summed E-state index contributed by atoms with van der Waals surface area (Å²) in [5, 5.41) is 2.03. The quantitative estimate of drug-likeness (QED) is 0.818. The van der Waals surface area contributed by atoms with Crippen molar-refractivity contribution in [3.05, 3.63) is 18.2 Å². The van der Waals surface area contributed by atoms with Gasteiger partial charge in [-0.2, -0.15) is 13.2 Å². The van der Waals surface area contributed by atoms with Crippen molar-refractivity contribution in [3.63, 3.8) is 0 Å². The molecule has 0 radical (unpaired) electrons. The summed E-state index contributed by atoms with van der Waals surface area (Å²) in [5.41, 5.74) is -6.00. The number of fused-ring (bicyclic) bond motifs is 1. The fourth-order valence-electron chi connectivity index (χ4n) is 1.62. The molecule has 2 rings (SSSR count). The van der Waals surface area contributed by atoms with Crippen molar-refractivity contribution < 1.29 is 34.8 Å². The number of anilines is 1. The Kier molecular flexibility index (Phi) is 3.09. The third-order valence-electron chi connectivity index (χ3n) is 2.50. The summed E-state index contributed by atoms with van der Waals surface area (Å²) in [7, 11) is -9.59. The van der Waals surface area contributed by atoms with Gasteiger partial charge in [0.2, 0.25) is 5.91 Å². The minimum absolute atomic E-state index is 0.418. The Bertz CT molecular complexity index is 795. The summed E-state index contributed by atoms with van der Waals surface area (Å²) in [6.07, 6.45) is 0. The summed E-state index contributed by atoms with van der Waals surface area (Å²) in [6.45, 7) is 0. The number of hydrogen-bond acceptors (Lipinski definition) is 5. The Hall–Kier alpha value is -1.62. The lowest BCUT2D eigenvalue weighted by atomic mass is 10.3. The van der Waals surface area contributed by atoms with Crippen LogP contribution in [0.15, 0.2) is 28.0 Å². The van der Waals surface area contributed by atoms with Crippen molar-refractivity contribution >= 4 is 31.3 Å². The second kappa shape index (κ2) is 4.19. The van der Waals surface area contributed by atoms with Crippen LogP contribution >= 0.6 is 0 Å². The van der Waals surface area contributed by atoms with Crippen LogP contribution in [0.2, 0.25) is 0 Å². The van der Waals surface area contributed by atoms with Crippen molar-refractivity contribution in [1.82, 2.24) is 0 Å². The van der Waals surface area contributed by atoms with Crippen LogP contribution in [-0.2, 0) is 24.5 Å². The average molecular weight is 329 g/mol. The maximum absolute atomic E-state index is 12.4. The fraction of sp³-hybridized carbons (Fsp3) is 0.222. The highest BCUT2D eigenvalue weighted by molar-refractivity contribution is 7.92. The first kappa shape index (κ1) is 14.8. The van der Waals surface area contributed by atoms with Gasteiger partial charge in [-0.1, -0.05) is 0 Å². The summed E-state index contributed by atoms with van der Waals surface area (Å²) < 4.78 is 82.8. The first-order chi connectivity index (χ1) is 8.95. The molecule has 0 fully saturated rings. The van der Waals surface area contributed by atoms with Gasteiger partial charge in [0, 0.05) is 0 Å². The van der Waals surface area contributed by atoms with Gasteiger partial charge in [-0.15, -0.1) is 0 Å². The molecule has 1 aromatic rings. The zero-order valence-electron chi connectivity index (χ0n) is 9.43. The van der Waals surface area contributed by atoms with E-state index in [-0.39, 0.29) is 0 Å². The number of halogens is 3. The molecule has 110 valence electrons. The number of hydrogen-bond donors (Lipinski definition) is 1. The fourth-order valence-corrected chi connectivity index (χ4v) is 3.70. The molecule has 0 spiro atoms. The highest BCUT2D eigenvalue weighted by atomic mass is 32.2. The molecule has 1 amide bonds. The lowest BCUT2D eigenvalue weighted by molar-refractivity contribution is -0.114. The van der Waals surface area contributed by atoms with Crippen LogP contribution in [0.5, 0.6) is 0 Å². The third kappa shape index (κ3) is 2.26. The number of carbonyl (C=O) groups is 1. The minimum Gasteiger partial charge on any atom is -0.324 e. The Morgan fingerprint density at radius 2 is 1.80 bits per heavy atom. The van der Waals surface area contributed by atoms with Gasteiger partial charge in [-0.3, -0.25) is 4.79 Å². The second-order valence-electron chi connectivity index (χ2n) is 3.91. The zero-order valence-corrected chi connectivity index (χ0v) is 11.1. The molecular weight excluding hydrogens is 323 g/mol. The van der Waals surface area contributed by atoms with E-state index in [1.807, 2.05) is 5.32 Å². The van der Waals surface area contributed by atoms with Crippen LogP contribution in [0.3, 0.4) is 0 Å². The van der Waals surface area contributed by atoms with E-state index < -0.39 is 52.3 Å². The van der Waals surface area contributed by atoms with Crippen LogP contribution in [0.25, 0.3) is 0 Å². The number of amides is 1. The molecule has 1 aromatic carbocycles. The standard InChI is InChI=1S/C9H6F3NO5S2/c10-9(11,12)20(17,18)5-1-2-7-6(3-5)13-8(14)4-19(7,15)16/h1-3H,4H2,(H,13,14). The van der Waals surface area contributed by atoms with E-state index >= 15 is 0 Å². The number of sulfone groups is 2. The number of nitrogens with one attached hydrogen (secondary N) is 1. The van der Waals surface area contributed by atoms with E-state index in [1.54, 1.807) is 0 Å².